The summed E-state index contributed by atoms with van der Waals surface area (Å²) in [5, 5.41) is 12.0. The molecule has 1 aliphatic rings. The van der Waals surface area contributed by atoms with Crippen LogP contribution in [-0.2, 0) is 4.79 Å². The first-order valence-corrected chi connectivity index (χ1v) is 6.80. The van der Waals surface area contributed by atoms with Crippen LogP contribution in [0.5, 0.6) is 0 Å². The third kappa shape index (κ3) is 2.41. The number of carboxylic acid groups (broad SMARTS) is 1. The zero-order valence-corrected chi connectivity index (χ0v) is 12.8. The number of carbonyl (C=O) groups is 2. The van der Waals surface area contributed by atoms with E-state index in [2.05, 4.69) is 15.3 Å². The van der Waals surface area contributed by atoms with Gasteiger partial charge in [-0.05, 0) is 38.3 Å². The van der Waals surface area contributed by atoms with Crippen LogP contribution >= 0.6 is 0 Å². The molecule has 6 heteroatoms. The number of hydrogen-bond donors (Lipinski definition) is 2. The van der Waals surface area contributed by atoms with Gasteiger partial charge in [0.15, 0.2) is 5.84 Å². The molecule has 0 saturated heterocycles. The Hall–Kier alpha value is -2.24. The lowest BCUT2D eigenvalue weighted by Gasteiger charge is -2.21. The maximum absolute atomic E-state index is 12.2. The molecule has 1 aromatic rings. The minimum Gasteiger partial charge on any atom is -0.478 e. The van der Waals surface area contributed by atoms with Gasteiger partial charge in [0.25, 0.3) is 5.91 Å². The van der Waals surface area contributed by atoms with Crippen LogP contribution in [0.25, 0.3) is 0 Å². The lowest BCUT2D eigenvalue weighted by molar-refractivity contribution is -0.124. The van der Waals surface area contributed by atoms with E-state index in [0.717, 1.165) is 5.56 Å². The van der Waals surface area contributed by atoms with Crippen molar-refractivity contribution in [2.75, 3.05) is 0 Å². The number of aromatic carboxylic acids is 1. The van der Waals surface area contributed by atoms with Gasteiger partial charge in [-0.25, -0.2) is 14.8 Å². The largest absolute Gasteiger partial charge is 0.478 e. The van der Waals surface area contributed by atoms with Crippen molar-refractivity contribution >= 4 is 17.7 Å². The average Bonchev–Trinajstić information content (AvgIpc) is 2.69. The van der Waals surface area contributed by atoms with Crippen LogP contribution in [0.15, 0.2) is 11.1 Å². The Bertz CT molecular complexity index is 664. The van der Waals surface area contributed by atoms with Gasteiger partial charge in [0.1, 0.15) is 11.2 Å². The second-order valence-electron chi connectivity index (χ2n) is 5.81. The minimum atomic E-state index is -1.09. The highest BCUT2D eigenvalue weighted by molar-refractivity contribution is 6.17. The summed E-state index contributed by atoms with van der Waals surface area (Å²) >= 11 is 0. The summed E-state index contributed by atoms with van der Waals surface area (Å²) in [7, 11) is 0. The van der Waals surface area contributed by atoms with E-state index in [1.165, 1.54) is 0 Å². The van der Waals surface area contributed by atoms with Gasteiger partial charge in [-0.2, -0.15) is 0 Å². The number of nitrogens with zero attached hydrogens (tertiary/aromatic N) is 2. The molecule has 0 aliphatic carbocycles. The van der Waals surface area contributed by atoms with E-state index in [4.69, 9.17) is 0 Å². The Balaban J connectivity index is 2.61. The Morgan fingerprint density at radius 1 is 1.38 bits per heavy atom. The summed E-state index contributed by atoms with van der Waals surface area (Å²) in [5.41, 5.74) is 0.859. The van der Waals surface area contributed by atoms with Gasteiger partial charge in [0, 0.05) is 5.69 Å². The van der Waals surface area contributed by atoms with Crippen molar-refractivity contribution in [2.45, 2.75) is 40.2 Å². The van der Waals surface area contributed by atoms with Crippen molar-refractivity contribution < 1.29 is 14.7 Å². The molecule has 0 fully saturated rings. The highest BCUT2D eigenvalue weighted by Gasteiger charge is 2.43. The van der Waals surface area contributed by atoms with E-state index in [0.29, 0.717) is 5.69 Å². The lowest BCUT2D eigenvalue weighted by atomic mass is 9.89. The monoisotopic (exact) mass is 289 g/mol. The number of aliphatic imine (C=N–C) groups is 1. The first-order valence-electron chi connectivity index (χ1n) is 6.80. The van der Waals surface area contributed by atoms with E-state index >= 15 is 0 Å². The molecule has 1 aromatic heterocycles. The second kappa shape index (κ2) is 4.95. The Morgan fingerprint density at radius 3 is 2.48 bits per heavy atom. The zero-order valence-electron chi connectivity index (χ0n) is 12.8. The van der Waals surface area contributed by atoms with Crippen LogP contribution in [0.4, 0.5) is 0 Å². The molecule has 1 aliphatic heterocycles. The topological polar surface area (TPSA) is 91.6 Å². The molecule has 6 nitrogen and oxygen atoms in total. The van der Waals surface area contributed by atoms with Gasteiger partial charge in [0.2, 0.25) is 0 Å². The molecular formula is C15H19N3O3. The number of rotatable bonds is 3. The van der Waals surface area contributed by atoms with Gasteiger partial charge in [-0.15, -0.1) is 0 Å². The summed E-state index contributed by atoms with van der Waals surface area (Å²) in [4.78, 5) is 32.3. The van der Waals surface area contributed by atoms with Crippen molar-refractivity contribution in [1.82, 2.24) is 10.3 Å². The van der Waals surface area contributed by atoms with Crippen LogP contribution in [0, 0.1) is 19.8 Å². The molecule has 21 heavy (non-hydrogen) atoms. The van der Waals surface area contributed by atoms with Gasteiger partial charge < -0.3 is 10.4 Å². The van der Waals surface area contributed by atoms with Crippen LogP contribution in [0.1, 0.15) is 48.1 Å². The number of amides is 1. The number of pyridine rings is 1. The summed E-state index contributed by atoms with van der Waals surface area (Å²) in [6.07, 6.45) is 0. The number of hydrogen-bond acceptors (Lipinski definition) is 4. The Labute approximate surface area is 123 Å². The van der Waals surface area contributed by atoms with E-state index in [9.17, 15) is 14.7 Å². The molecule has 0 radical (unpaired) electrons. The lowest BCUT2D eigenvalue weighted by Crippen LogP contribution is -2.41. The normalized spacial score (nSPS) is 21.4. The van der Waals surface area contributed by atoms with Crippen molar-refractivity contribution in [3.63, 3.8) is 0 Å². The Kier molecular flexibility index (Phi) is 3.57. The van der Waals surface area contributed by atoms with E-state index in [1.54, 1.807) is 26.8 Å². The average molecular weight is 289 g/mol. The fraction of sp³-hybridized carbons (Fsp3) is 0.467. The highest BCUT2D eigenvalue weighted by Crippen LogP contribution is 2.27. The maximum atomic E-state index is 12.2. The third-order valence-corrected chi connectivity index (χ3v) is 4.08. The molecule has 0 aromatic carbocycles. The van der Waals surface area contributed by atoms with Crippen LogP contribution in [-0.4, -0.2) is 33.3 Å². The molecule has 1 amide bonds. The molecule has 112 valence electrons. The van der Waals surface area contributed by atoms with E-state index < -0.39 is 11.5 Å². The Morgan fingerprint density at radius 2 is 2.00 bits per heavy atom. The number of nitrogens with one attached hydrogen (secondary N) is 1. The molecule has 2 heterocycles. The van der Waals surface area contributed by atoms with E-state index in [1.807, 2.05) is 13.8 Å². The number of amidine groups is 1. The number of carbonyl (C=O) groups excluding carboxylic acids is 1. The van der Waals surface area contributed by atoms with E-state index in [-0.39, 0.29) is 28.9 Å². The quantitative estimate of drug-likeness (QED) is 0.885. The molecule has 2 N–H and O–H groups in total. The van der Waals surface area contributed by atoms with Crippen LogP contribution < -0.4 is 5.32 Å². The molecule has 1 unspecified atom stereocenters. The predicted molar refractivity (Wildman–Crippen MR) is 78.6 cm³/mol. The maximum Gasteiger partial charge on any atom is 0.338 e. The number of aryl methyl sites for hydroxylation is 2. The van der Waals surface area contributed by atoms with Gasteiger partial charge in [0.05, 0.1) is 5.56 Å². The molecule has 2 rings (SSSR count). The SMILES string of the molecule is Cc1cc(C(=O)O)c(C2=NC(C)(C(C)C)C(=O)N2)nc1C. The molecule has 1 atom stereocenters. The van der Waals surface area contributed by atoms with Crippen molar-refractivity contribution in [1.29, 1.82) is 0 Å². The van der Waals surface area contributed by atoms with Crippen LogP contribution in [0.2, 0.25) is 0 Å². The van der Waals surface area contributed by atoms with Crippen molar-refractivity contribution in [3.05, 3.63) is 28.6 Å². The molecule has 0 spiro atoms. The summed E-state index contributed by atoms with van der Waals surface area (Å²) in [6.45, 7) is 9.13. The fourth-order valence-electron chi connectivity index (χ4n) is 2.10. The smallest absolute Gasteiger partial charge is 0.338 e. The second-order valence-corrected chi connectivity index (χ2v) is 5.81. The van der Waals surface area contributed by atoms with Crippen LogP contribution in [0.3, 0.4) is 0 Å². The third-order valence-electron chi connectivity index (χ3n) is 4.08. The number of carboxylic acids is 1. The summed E-state index contributed by atoms with van der Waals surface area (Å²) in [6, 6.07) is 1.56. The highest BCUT2D eigenvalue weighted by atomic mass is 16.4. The van der Waals surface area contributed by atoms with Crippen molar-refractivity contribution in [3.8, 4) is 0 Å². The zero-order chi connectivity index (χ0) is 15.9. The van der Waals surface area contributed by atoms with Gasteiger partial charge in [-0.3, -0.25) is 4.79 Å². The van der Waals surface area contributed by atoms with Gasteiger partial charge >= 0.3 is 5.97 Å². The van der Waals surface area contributed by atoms with Crippen molar-refractivity contribution in [2.24, 2.45) is 10.9 Å². The summed E-state index contributed by atoms with van der Waals surface area (Å²) < 4.78 is 0. The first kappa shape index (κ1) is 15.2. The summed E-state index contributed by atoms with van der Waals surface area (Å²) in [5.74, 6) is -1.09. The standard InChI is InChI=1S/C15H19N3O3/c1-7(2)15(5)14(21)17-12(18-15)11-10(13(19)20)6-8(3)9(4)16-11/h6-7H,1-5H3,(H,19,20)(H,17,18,21). The molecule has 0 saturated carbocycles. The first-order chi connectivity index (χ1) is 9.66. The van der Waals surface area contributed by atoms with Gasteiger partial charge in [-0.1, -0.05) is 13.8 Å². The molecule has 0 bridgehead atoms. The fourth-order valence-corrected chi connectivity index (χ4v) is 2.10. The number of aromatic nitrogens is 1. The minimum absolute atomic E-state index is 0.00479. The molecular weight excluding hydrogens is 270 g/mol. The predicted octanol–water partition coefficient (Wildman–Crippen LogP) is 1.69.